The van der Waals surface area contributed by atoms with Crippen molar-refractivity contribution in [1.82, 2.24) is 5.32 Å². The Morgan fingerprint density at radius 3 is 2.71 bits per heavy atom. The van der Waals surface area contributed by atoms with E-state index in [0.717, 1.165) is 12.2 Å². The van der Waals surface area contributed by atoms with Gasteiger partial charge in [-0.3, -0.25) is 4.99 Å². The van der Waals surface area contributed by atoms with Crippen LogP contribution in [0.25, 0.3) is 0 Å². The lowest BCUT2D eigenvalue weighted by atomic mass is 10.1. The number of nitrogens with one attached hydrogen (secondary N) is 1. The summed E-state index contributed by atoms with van der Waals surface area (Å²) < 4.78 is 5.08. The van der Waals surface area contributed by atoms with E-state index in [1.54, 1.807) is 7.11 Å². The number of aliphatic imine (C=N–C) groups is 1. The molecule has 0 radical (unpaired) electrons. The van der Waals surface area contributed by atoms with Crippen molar-refractivity contribution in [2.75, 3.05) is 26.8 Å². The Labute approximate surface area is 101 Å². The highest BCUT2D eigenvalue weighted by Gasteiger charge is 1.95. The van der Waals surface area contributed by atoms with Crippen molar-refractivity contribution in [1.29, 1.82) is 0 Å². The molecule has 0 fully saturated rings. The average Bonchev–Trinajstić information content (AvgIpc) is 2.37. The molecular formula is C12H19N3O2. The Balaban J connectivity index is 2.30. The van der Waals surface area contributed by atoms with E-state index >= 15 is 0 Å². The maximum absolute atomic E-state index is 8.57. The number of hydrogen-bond donors (Lipinski definition) is 3. The van der Waals surface area contributed by atoms with E-state index in [9.17, 15) is 0 Å². The van der Waals surface area contributed by atoms with Gasteiger partial charge in [0.1, 0.15) is 5.75 Å². The lowest BCUT2D eigenvalue weighted by Crippen LogP contribution is -2.33. The summed E-state index contributed by atoms with van der Waals surface area (Å²) in [4.78, 5) is 3.91. The zero-order valence-electron chi connectivity index (χ0n) is 10.0. The van der Waals surface area contributed by atoms with Crippen LogP contribution in [0.1, 0.15) is 5.56 Å². The number of aliphatic hydroxyl groups excluding tert-OH is 1. The second-order valence-corrected chi connectivity index (χ2v) is 3.52. The number of nitrogens with zero attached hydrogens (tertiary/aromatic N) is 1. The SMILES string of the molecule is COc1ccc(CCNC(N)=NCCO)cc1. The number of ether oxygens (including phenoxy) is 1. The predicted octanol–water partition coefficient (Wildman–Crippen LogP) is 0.134. The minimum Gasteiger partial charge on any atom is -0.497 e. The predicted molar refractivity (Wildman–Crippen MR) is 68.3 cm³/mol. The summed E-state index contributed by atoms with van der Waals surface area (Å²) in [5.74, 6) is 1.22. The third-order valence-electron chi connectivity index (χ3n) is 2.26. The summed E-state index contributed by atoms with van der Waals surface area (Å²) in [5, 5.41) is 11.5. The first-order valence-electron chi connectivity index (χ1n) is 5.54. The smallest absolute Gasteiger partial charge is 0.188 e. The zero-order valence-corrected chi connectivity index (χ0v) is 10.0. The standard InChI is InChI=1S/C12H19N3O2/c1-17-11-4-2-10(3-5-11)6-7-14-12(13)15-8-9-16/h2-5,16H,6-9H2,1H3,(H3,13,14,15). The number of benzene rings is 1. The molecule has 0 saturated carbocycles. The van der Waals surface area contributed by atoms with Crippen molar-refractivity contribution < 1.29 is 9.84 Å². The molecule has 0 heterocycles. The van der Waals surface area contributed by atoms with Crippen LogP contribution >= 0.6 is 0 Å². The second-order valence-electron chi connectivity index (χ2n) is 3.52. The third-order valence-corrected chi connectivity index (χ3v) is 2.26. The monoisotopic (exact) mass is 237 g/mol. The largest absolute Gasteiger partial charge is 0.497 e. The van der Waals surface area contributed by atoms with Gasteiger partial charge in [-0.25, -0.2) is 0 Å². The molecule has 17 heavy (non-hydrogen) atoms. The molecular weight excluding hydrogens is 218 g/mol. The van der Waals surface area contributed by atoms with E-state index in [2.05, 4.69) is 10.3 Å². The molecule has 0 saturated heterocycles. The molecule has 1 rings (SSSR count). The zero-order chi connectivity index (χ0) is 12.5. The number of nitrogens with two attached hydrogens (primary N) is 1. The van der Waals surface area contributed by atoms with E-state index < -0.39 is 0 Å². The minimum atomic E-state index is 0.0147. The van der Waals surface area contributed by atoms with Gasteiger partial charge < -0.3 is 20.9 Å². The van der Waals surface area contributed by atoms with Gasteiger partial charge in [0, 0.05) is 6.54 Å². The number of guanidine groups is 1. The van der Waals surface area contributed by atoms with Crippen LogP contribution in [-0.4, -0.2) is 37.9 Å². The quantitative estimate of drug-likeness (QED) is 0.485. The second kappa shape index (κ2) is 7.51. The van der Waals surface area contributed by atoms with E-state index in [1.165, 1.54) is 5.56 Å². The fraction of sp³-hybridized carbons (Fsp3) is 0.417. The van der Waals surface area contributed by atoms with Crippen molar-refractivity contribution >= 4 is 5.96 Å². The molecule has 0 amide bonds. The third kappa shape index (κ3) is 5.21. The van der Waals surface area contributed by atoms with Crippen molar-refractivity contribution in [3.05, 3.63) is 29.8 Å². The molecule has 0 atom stereocenters. The summed E-state index contributed by atoms with van der Waals surface area (Å²) in [6.07, 6.45) is 0.860. The highest BCUT2D eigenvalue weighted by atomic mass is 16.5. The molecule has 0 unspecified atom stereocenters. The van der Waals surface area contributed by atoms with Crippen molar-refractivity contribution in [3.8, 4) is 5.75 Å². The molecule has 0 spiro atoms. The highest BCUT2D eigenvalue weighted by molar-refractivity contribution is 5.77. The average molecular weight is 237 g/mol. The molecule has 94 valence electrons. The van der Waals surface area contributed by atoms with E-state index in [4.69, 9.17) is 15.6 Å². The molecule has 0 aliphatic heterocycles. The van der Waals surface area contributed by atoms with Crippen LogP contribution in [0, 0.1) is 0 Å². The lowest BCUT2D eigenvalue weighted by Gasteiger charge is -2.06. The topological polar surface area (TPSA) is 79.9 Å². The van der Waals surface area contributed by atoms with Crippen molar-refractivity contribution in [3.63, 3.8) is 0 Å². The fourth-order valence-electron chi connectivity index (χ4n) is 1.35. The molecule has 0 aliphatic rings. The Morgan fingerprint density at radius 2 is 2.12 bits per heavy atom. The maximum Gasteiger partial charge on any atom is 0.188 e. The van der Waals surface area contributed by atoms with Crippen LogP contribution in [0.2, 0.25) is 0 Å². The van der Waals surface area contributed by atoms with Gasteiger partial charge in [0.05, 0.1) is 20.3 Å². The minimum absolute atomic E-state index is 0.0147. The van der Waals surface area contributed by atoms with E-state index in [-0.39, 0.29) is 6.61 Å². The Kier molecular flexibility index (Phi) is 5.88. The summed E-state index contributed by atoms with van der Waals surface area (Å²) in [5.41, 5.74) is 6.78. The van der Waals surface area contributed by atoms with Crippen LogP contribution in [-0.2, 0) is 6.42 Å². The summed E-state index contributed by atoms with van der Waals surface area (Å²) in [7, 11) is 1.65. The van der Waals surface area contributed by atoms with Crippen LogP contribution < -0.4 is 15.8 Å². The number of rotatable bonds is 6. The van der Waals surface area contributed by atoms with Crippen LogP contribution in [0.5, 0.6) is 5.75 Å². The van der Waals surface area contributed by atoms with Crippen LogP contribution in [0.3, 0.4) is 0 Å². The highest BCUT2D eigenvalue weighted by Crippen LogP contribution is 2.11. The molecule has 0 bridgehead atoms. The molecule has 5 nitrogen and oxygen atoms in total. The number of aliphatic hydroxyl groups is 1. The fourth-order valence-corrected chi connectivity index (χ4v) is 1.35. The van der Waals surface area contributed by atoms with Gasteiger partial charge >= 0.3 is 0 Å². The first-order valence-corrected chi connectivity index (χ1v) is 5.54. The van der Waals surface area contributed by atoms with Crippen LogP contribution in [0.4, 0.5) is 0 Å². The van der Waals surface area contributed by atoms with Gasteiger partial charge in [0.2, 0.25) is 0 Å². The normalized spacial score (nSPS) is 11.3. The molecule has 1 aromatic carbocycles. The van der Waals surface area contributed by atoms with Gasteiger partial charge in [-0.05, 0) is 24.1 Å². The lowest BCUT2D eigenvalue weighted by molar-refractivity contribution is 0.306. The first-order chi connectivity index (χ1) is 8.26. The Hall–Kier alpha value is -1.75. The summed E-state index contributed by atoms with van der Waals surface area (Å²) in [6, 6.07) is 7.89. The van der Waals surface area contributed by atoms with Gasteiger partial charge in [-0.2, -0.15) is 0 Å². The molecule has 1 aromatic rings. The number of hydrogen-bond acceptors (Lipinski definition) is 3. The summed E-state index contributed by atoms with van der Waals surface area (Å²) >= 11 is 0. The number of methoxy groups -OCH3 is 1. The van der Waals surface area contributed by atoms with Gasteiger partial charge in [0.15, 0.2) is 5.96 Å². The summed E-state index contributed by atoms with van der Waals surface area (Å²) in [6.45, 7) is 1.06. The van der Waals surface area contributed by atoms with Gasteiger partial charge in [-0.15, -0.1) is 0 Å². The van der Waals surface area contributed by atoms with E-state index in [1.807, 2.05) is 24.3 Å². The molecule has 0 aromatic heterocycles. The van der Waals surface area contributed by atoms with Crippen molar-refractivity contribution in [2.24, 2.45) is 10.7 Å². The molecule has 0 aliphatic carbocycles. The first kappa shape index (κ1) is 13.3. The Bertz CT molecular complexity index is 349. The van der Waals surface area contributed by atoms with Crippen molar-refractivity contribution in [2.45, 2.75) is 6.42 Å². The maximum atomic E-state index is 8.57. The molecule has 4 N–H and O–H groups in total. The molecule has 5 heteroatoms. The van der Waals surface area contributed by atoms with Gasteiger partial charge in [0.25, 0.3) is 0 Å². The van der Waals surface area contributed by atoms with Crippen LogP contribution in [0.15, 0.2) is 29.3 Å². The Morgan fingerprint density at radius 1 is 1.41 bits per heavy atom. The van der Waals surface area contributed by atoms with Gasteiger partial charge in [-0.1, -0.05) is 12.1 Å². The van der Waals surface area contributed by atoms with E-state index in [0.29, 0.717) is 19.0 Å².